The van der Waals surface area contributed by atoms with E-state index < -0.39 is 16.9 Å². The highest BCUT2D eigenvalue weighted by molar-refractivity contribution is 6.06. The van der Waals surface area contributed by atoms with Gasteiger partial charge >= 0.3 is 0 Å². The number of para-hydroxylation sites is 3. The molecule has 5 rings (SSSR count). The first-order valence-electron chi connectivity index (χ1n) is 10.6. The summed E-state index contributed by atoms with van der Waals surface area (Å²) in [5.41, 5.74) is 1.33. The fraction of sp³-hybridized carbons (Fsp3) is 0.125. The van der Waals surface area contributed by atoms with Gasteiger partial charge in [0, 0.05) is 11.8 Å². The number of anilines is 2. The molecule has 4 aromatic rings. The molecule has 1 atom stereocenters. The molecule has 0 unspecified atom stereocenters. The number of rotatable bonds is 6. The monoisotopic (exact) mass is 472 g/mol. The van der Waals surface area contributed by atoms with Gasteiger partial charge in [-0.2, -0.15) is 4.98 Å². The van der Waals surface area contributed by atoms with Crippen molar-refractivity contribution in [1.82, 2.24) is 14.8 Å². The summed E-state index contributed by atoms with van der Waals surface area (Å²) in [5.74, 6) is 1.04. The van der Waals surface area contributed by atoms with Gasteiger partial charge in [-0.15, -0.1) is 5.10 Å². The third kappa shape index (κ3) is 3.88. The Kier molecular flexibility index (Phi) is 5.49. The fourth-order valence-corrected chi connectivity index (χ4v) is 4.07. The number of nitro benzene ring substituents is 1. The van der Waals surface area contributed by atoms with Crippen LogP contribution in [0.15, 0.2) is 82.6 Å². The molecule has 11 nitrogen and oxygen atoms in total. The number of fused-ring (bicyclic) bond motifs is 1. The Labute approximate surface area is 199 Å². The van der Waals surface area contributed by atoms with E-state index in [-0.39, 0.29) is 17.1 Å². The predicted molar refractivity (Wildman–Crippen MR) is 127 cm³/mol. The average Bonchev–Trinajstić information content (AvgIpc) is 3.53. The number of ether oxygens (including phenoxy) is 1. The Morgan fingerprint density at radius 3 is 2.69 bits per heavy atom. The van der Waals surface area contributed by atoms with E-state index >= 15 is 0 Å². The molecule has 1 aliphatic heterocycles. The fourth-order valence-electron chi connectivity index (χ4n) is 4.07. The van der Waals surface area contributed by atoms with Crippen LogP contribution in [0.5, 0.6) is 5.75 Å². The molecule has 11 heteroatoms. The zero-order valence-corrected chi connectivity index (χ0v) is 18.8. The first-order valence-corrected chi connectivity index (χ1v) is 10.6. The maximum Gasteiger partial charge on any atom is 0.275 e. The average molecular weight is 472 g/mol. The number of aromatic nitrogens is 3. The standard InChI is InChI=1S/C24H20N6O5/c1-14-20(23(31)26-16-9-4-6-11-18(16)34-2)21(15-8-3-5-10-17(15)30(32)33)29-24(25-14)27-22(28-29)19-12-7-13-35-19/h3-13,21H,1-2H3,(H,26,31)(H,25,27,28)/t21-/m1/s1. The summed E-state index contributed by atoms with van der Waals surface area (Å²) in [7, 11) is 1.51. The van der Waals surface area contributed by atoms with Crippen LogP contribution in [-0.2, 0) is 4.79 Å². The number of hydrogen-bond acceptors (Lipinski definition) is 8. The van der Waals surface area contributed by atoms with E-state index in [9.17, 15) is 14.9 Å². The minimum absolute atomic E-state index is 0.143. The minimum Gasteiger partial charge on any atom is -0.495 e. The van der Waals surface area contributed by atoms with Crippen molar-refractivity contribution in [2.75, 3.05) is 17.7 Å². The summed E-state index contributed by atoms with van der Waals surface area (Å²) in [5, 5.41) is 22.4. The Bertz CT molecular complexity index is 1460. The molecule has 0 bridgehead atoms. The van der Waals surface area contributed by atoms with Crippen LogP contribution in [0.2, 0.25) is 0 Å². The van der Waals surface area contributed by atoms with Crippen molar-refractivity contribution in [3.63, 3.8) is 0 Å². The number of nitro groups is 1. The Hall–Kier alpha value is -4.93. The molecule has 0 spiro atoms. The number of furan rings is 1. The van der Waals surface area contributed by atoms with Crippen molar-refractivity contribution >= 4 is 23.2 Å². The Morgan fingerprint density at radius 1 is 1.17 bits per heavy atom. The first-order chi connectivity index (χ1) is 17.0. The van der Waals surface area contributed by atoms with Crippen LogP contribution < -0.4 is 15.4 Å². The number of carbonyl (C=O) groups excluding carboxylic acids is 1. The molecule has 0 fully saturated rings. The van der Waals surface area contributed by atoms with Gasteiger partial charge in [-0.1, -0.05) is 24.3 Å². The van der Waals surface area contributed by atoms with Gasteiger partial charge in [0.1, 0.15) is 11.8 Å². The summed E-state index contributed by atoms with van der Waals surface area (Å²) >= 11 is 0. The van der Waals surface area contributed by atoms with Crippen molar-refractivity contribution in [3.05, 3.63) is 93.9 Å². The lowest BCUT2D eigenvalue weighted by Crippen LogP contribution is -2.32. The molecular weight excluding hydrogens is 452 g/mol. The second-order valence-corrected chi connectivity index (χ2v) is 7.72. The van der Waals surface area contributed by atoms with Crippen LogP contribution in [0.1, 0.15) is 18.5 Å². The molecule has 0 radical (unpaired) electrons. The number of hydrogen-bond donors (Lipinski definition) is 2. The lowest BCUT2D eigenvalue weighted by molar-refractivity contribution is -0.385. The number of amides is 1. The van der Waals surface area contributed by atoms with Crippen molar-refractivity contribution in [2.45, 2.75) is 13.0 Å². The van der Waals surface area contributed by atoms with Gasteiger partial charge < -0.3 is 19.8 Å². The molecule has 1 amide bonds. The molecule has 0 aliphatic carbocycles. The number of nitrogens with one attached hydrogen (secondary N) is 2. The third-order valence-electron chi connectivity index (χ3n) is 5.62. The van der Waals surface area contributed by atoms with E-state index in [2.05, 4.69) is 20.7 Å². The molecule has 176 valence electrons. The van der Waals surface area contributed by atoms with E-state index in [4.69, 9.17) is 9.15 Å². The Balaban J connectivity index is 1.65. The summed E-state index contributed by atoms with van der Waals surface area (Å²) < 4.78 is 12.2. The minimum atomic E-state index is -0.932. The van der Waals surface area contributed by atoms with Crippen LogP contribution in [0.25, 0.3) is 11.6 Å². The molecule has 1 aliphatic rings. The predicted octanol–water partition coefficient (Wildman–Crippen LogP) is 4.38. The first kappa shape index (κ1) is 21.9. The second kappa shape index (κ2) is 8.78. The largest absolute Gasteiger partial charge is 0.495 e. The smallest absolute Gasteiger partial charge is 0.275 e. The van der Waals surface area contributed by atoms with Gasteiger partial charge in [-0.3, -0.25) is 14.9 Å². The summed E-state index contributed by atoms with van der Waals surface area (Å²) in [6, 6.07) is 15.7. The van der Waals surface area contributed by atoms with Crippen molar-refractivity contribution in [2.24, 2.45) is 0 Å². The van der Waals surface area contributed by atoms with Crippen molar-refractivity contribution in [1.29, 1.82) is 0 Å². The molecule has 0 saturated carbocycles. The van der Waals surface area contributed by atoms with Gasteiger partial charge in [0.2, 0.25) is 11.8 Å². The molecular formula is C24H20N6O5. The number of benzene rings is 2. The number of carbonyl (C=O) groups is 1. The summed E-state index contributed by atoms with van der Waals surface area (Å²) in [4.78, 5) is 29.5. The highest BCUT2D eigenvalue weighted by Crippen LogP contribution is 2.40. The van der Waals surface area contributed by atoms with Crippen LogP contribution in [0, 0.1) is 10.1 Å². The van der Waals surface area contributed by atoms with Gasteiger partial charge in [0.05, 0.1) is 35.1 Å². The molecule has 0 saturated heterocycles. The topological polar surface area (TPSA) is 137 Å². The lowest BCUT2D eigenvalue weighted by Gasteiger charge is -2.28. The van der Waals surface area contributed by atoms with Crippen LogP contribution in [-0.4, -0.2) is 32.7 Å². The highest BCUT2D eigenvalue weighted by Gasteiger charge is 2.38. The number of nitrogens with zero attached hydrogens (tertiary/aromatic N) is 4. The zero-order valence-electron chi connectivity index (χ0n) is 18.8. The van der Waals surface area contributed by atoms with E-state index in [1.807, 2.05) is 0 Å². The normalized spacial score (nSPS) is 14.7. The van der Waals surface area contributed by atoms with Crippen LogP contribution in [0.4, 0.5) is 17.3 Å². The molecule has 2 N–H and O–H groups in total. The number of methoxy groups -OCH3 is 1. The lowest BCUT2D eigenvalue weighted by atomic mass is 9.93. The third-order valence-corrected chi connectivity index (χ3v) is 5.62. The van der Waals surface area contributed by atoms with Gasteiger partial charge in [0.25, 0.3) is 11.6 Å². The van der Waals surface area contributed by atoms with Gasteiger partial charge in [-0.05, 0) is 37.3 Å². The second-order valence-electron chi connectivity index (χ2n) is 7.72. The maximum atomic E-state index is 13.6. The zero-order chi connectivity index (χ0) is 24.5. The maximum absolute atomic E-state index is 13.6. The van der Waals surface area contributed by atoms with Crippen molar-refractivity contribution < 1.29 is 18.9 Å². The SMILES string of the molecule is COc1ccccc1NC(=O)C1=C(C)Nc2nc(-c3ccco3)nn2[C@@H]1c1ccccc1[N+](=O)[O-]. The molecule has 3 heterocycles. The molecule has 2 aromatic carbocycles. The van der Waals surface area contributed by atoms with E-state index in [0.717, 1.165) is 0 Å². The summed E-state index contributed by atoms with van der Waals surface area (Å²) in [6.45, 7) is 1.71. The Morgan fingerprint density at radius 2 is 1.94 bits per heavy atom. The van der Waals surface area contributed by atoms with E-state index in [0.29, 0.717) is 34.4 Å². The van der Waals surface area contributed by atoms with Crippen LogP contribution >= 0.6 is 0 Å². The van der Waals surface area contributed by atoms with Crippen LogP contribution in [0.3, 0.4) is 0 Å². The highest BCUT2D eigenvalue weighted by atomic mass is 16.6. The van der Waals surface area contributed by atoms with Gasteiger partial charge in [-0.25, -0.2) is 4.68 Å². The van der Waals surface area contributed by atoms with Gasteiger partial charge in [0.15, 0.2) is 5.76 Å². The summed E-state index contributed by atoms with van der Waals surface area (Å²) in [6.07, 6.45) is 1.50. The quantitative estimate of drug-likeness (QED) is 0.311. The van der Waals surface area contributed by atoms with E-state index in [1.165, 1.54) is 24.1 Å². The molecule has 2 aromatic heterocycles. The van der Waals surface area contributed by atoms with E-state index in [1.54, 1.807) is 61.5 Å². The van der Waals surface area contributed by atoms with Crippen molar-refractivity contribution in [3.8, 4) is 17.3 Å². The number of allylic oxidation sites excluding steroid dienone is 1. The molecule has 35 heavy (non-hydrogen) atoms.